The van der Waals surface area contributed by atoms with Crippen LogP contribution in [0.1, 0.15) is 31.9 Å². The summed E-state index contributed by atoms with van der Waals surface area (Å²) in [6.07, 6.45) is 0. The lowest BCUT2D eigenvalue weighted by Gasteiger charge is -2.23. The second kappa shape index (κ2) is 6.00. The summed E-state index contributed by atoms with van der Waals surface area (Å²) < 4.78 is 6.25. The maximum atomic E-state index is 12.8. The lowest BCUT2D eigenvalue weighted by molar-refractivity contribution is -0.534. The van der Waals surface area contributed by atoms with Crippen LogP contribution in [-0.2, 0) is 0 Å². The van der Waals surface area contributed by atoms with Gasteiger partial charge in [0.2, 0.25) is 5.71 Å². The molecule has 0 bridgehead atoms. The largest absolute Gasteiger partial charge is 0.623 e. The molecule has 0 saturated heterocycles. The predicted molar refractivity (Wildman–Crippen MR) is 86.0 cm³/mol. The number of rotatable bonds is 3. The van der Waals surface area contributed by atoms with Gasteiger partial charge in [0.15, 0.2) is 5.54 Å². The molecule has 0 radical (unpaired) electrons. The molecule has 21 heavy (non-hydrogen) atoms. The Kier molecular flexibility index (Phi) is 4.32. The van der Waals surface area contributed by atoms with Gasteiger partial charge in [-0.3, -0.25) is 0 Å². The van der Waals surface area contributed by atoms with Crippen molar-refractivity contribution in [2.75, 3.05) is 7.11 Å². The van der Waals surface area contributed by atoms with Crippen molar-refractivity contribution in [1.82, 2.24) is 0 Å². The van der Waals surface area contributed by atoms with Crippen LogP contribution in [0, 0.1) is 5.21 Å². The summed E-state index contributed by atoms with van der Waals surface area (Å²) in [7, 11) is 1.63. The standard InChI is InChI=1S/C18H21NO2/c1-18(2,3)19(20)17(14-8-6-5-7-9-14)15-10-12-16(21-4)13-11-15/h5-13H,1-4H3/b19-17+. The Labute approximate surface area is 126 Å². The van der Waals surface area contributed by atoms with E-state index >= 15 is 0 Å². The average Bonchev–Trinajstić information content (AvgIpc) is 2.48. The molecule has 0 fully saturated rings. The normalized spacial score (nSPS) is 12.8. The van der Waals surface area contributed by atoms with Gasteiger partial charge in [0.05, 0.1) is 7.11 Å². The van der Waals surface area contributed by atoms with Gasteiger partial charge in [-0.25, -0.2) is 0 Å². The molecule has 0 aliphatic rings. The first kappa shape index (κ1) is 15.1. The number of benzene rings is 2. The van der Waals surface area contributed by atoms with E-state index in [0.717, 1.165) is 21.6 Å². The van der Waals surface area contributed by atoms with Gasteiger partial charge in [-0.05, 0) is 36.4 Å². The van der Waals surface area contributed by atoms with Crippen molar-refractivity contribution in [3.8, 4) is 5.75 Å². The summed E-state index contributed by atoms with van der Waals surface area (Å²) in [6.45, 7) is 5.73. The van der Waals surface area contributed by atoms with Crippen LogP contribution < -0.4 is 4.74 Å². The molecule has 2 rings (SSSR count). The minimum absolute atomic E-state index is 0.509. The van der Waals surface area contributed by atoms with Crippen molar-refractivity contribution in [3.05, 3.63) is 70.9 Å². The predicted octanol–water partition coefficient (Wildman–Crippen LogP) is 3.84. The summed E-state index contributed by atoms with van der Waals surface area (Å²) in [5.41, 5.74) is 1.95. The monoisotopic (exact) mass is 283 g/mol. The Morgan fingerprint density at radius 2 is 1.43 bits per heavy atom. The van der Waals surface area contributed by atoms with E-state index in [-0.39, 0.29) is 0 Å². The Balaban J connectivity index is 2.61. The third kappa shape index (κ3) is 3.43. The van der Waals surface area contributed by atoms with Gasteiger partial charge >= 0.3 is 0 Å². The molecule has 0 saturated carbocycles. The third-order valence-corrected chi connectivity index (χ3v) is 3.22. The van der Waals surface area contributed by atoms with Crippen molar-refractivity contribution in [2.45, 2.75) is 26.3 Å². The van der Waals surface area contributed by atoms with Crippen molar-refractivity contribution in [1.29, 1.82) is 0 Å². The van der Waals surface area contributed by atoms with E-state index in [9.17, 15) is 5.21 Å². The first-order valence-corrected chi connectivity index (χ1v) is 6.97. The van der Waals surface area contributed by atoms with Crippen molar-refractivity contribution in [3.63, 3.8) is 0 Å². The maximum absolute atomic E-state index is 12.8. The second-order valence-corrected chi connectivity index (χ2v) is 5.91. The van der Waals surface area contributed by atoms with Crippen molar-refractivity contribution >= 4 is 5.71 Å². The highest BCUT2D eigenvalue weighted by Gasteiger charge is 2.25. The molecule has 0 aromatic heterocycles. The van der Waals surface area contributed by atoms with Crippen molar-refractivity contribution in [2.24, 2.45) is 0 Å². The van der Waals surface area contributed by atoms with Crippen LogP contribution in [0.2, 0.25) is 0 Å². The lowest BCUT2D eigenvalue weighted by atomic mass is 10.00. The summed E-state index contributed by atoms with van der Waals surface area (Å²) >= 11 is 0. The first-order chi connectivity index (χ1) is 9.93. The molecule has 0 aliphatic carbocycles. The Hall–Kier alpha value is -2.29. The van der Waals surface area contributed by atoms with Crippen LogP contribution in [0.4, 0.5) is 0 Å². The topological polar surface area (TPSA) is 35.3 Å². The van der Waals surface area contributed by atoms with E-state index < -0.39 is 5.54 Å². The van der Waals surface area contributed by atoms with Crippen LogP contribution >= 0.6 is 0 Å². The molecule has 0 heterocycles. The zero-order valence-corrected chi connectivity index (χ0v) is 13.0. The van der Waals surface area contributed by atoms with Gasteiger partial charge in [0, 0.05) is 31.9 Å². The van der Waals surface area contributed by atoms with Gasteiger partial charge in [0.1, 0.15) is 5.75 Å². The highest BCUT2D eigenvalue weighted by Crippen LogP contribution is 2.18. The molecule has 0 amide bonds. The number of hydrogen-bond donors (Lipinski definition) is 0. The molecule has 2 aromatic carbocycles. The fourth-order valence-corrected chi connectivity index (χ4v) is 2.08. The van der Waals surface area contributed by atoms with Crippen LogP contribution in [0.15, 0.2) is 54.6 Å². The summed E-state index contributed by atoms with van der Waals surface area (Å²) in [5, 5.41) is 12.8. The van der Waals surface area contributed by atoms with Gasteiger partial charge < -0.3 is 9.94 Å². The smallest absolute Gasteiger partial charge is 0.226 e. The third-order valence-electron chi connectivity index (χ3n) is 3.22. The molecule has 0 unspecified atom stereocenters. The number of hydroxylamine groups is 1. The highest BCUT2D eigenvalue weighted by molar-refractivity contribution is 6.09. The Morgan fingerprint density at radius 1 is 0.905 bits per heavy atom. The van der Waals surface area contributed by atoms with E-state index in [1.807, 2.05) is 75.4 Å². The SMILES string of the molecule is COc1ccc(/C(c2ccccc2)=[N+](/[O-])C(C)(C)C)cc1. The minimum Gasteiger partial charge on any atom is -0.623 e. The molecule has 3 nitrogen and oxygen atoms in total. The van der Waals surface area contributed by atoms with Crippen LogP contribution in [-0.4, -0.2) is 23.1 Å². The Bertz CT molecular complexity index is 623. The van der Waals surface area contributed by atoms with Gasteiger partial charge in [-0.1, -0.05) is 18.2 Å². The summed E-state index contributed by atoms with van der Waals surface area (Å²) in [6, 6.07) is 17.3. The molecule has 110 valence electrons. The minimum atomic E-state index is -0.509. The molecule has 0 spiro atoms. The molecular weight excluding hydrogens is 262 g/mol. The van der Waals surface area contributed by atoms with Crippen LogP contribution in [0.5, 0.6) is 5.75 Å². The molecule has 3 heteroatoms. The zero-order valence-electron chi connectivity index (χ0n) is 13.0. The van der Waals surface area contributed by atoms with E-state index in [0.29, 0.717) is 5.71 Å². The van der Waals surface area contributed by atoms with E-state index in [2.05, 4.69) is 0 Å². The number of methoxy groups -OCH3 is 1. The second-order valence-electron chi connectivity index (χ2n) is 5.91. The molecule has 0 atom stereocenters. The molecule has 0 aliphatic heterocycles. The molecule has 2 aromatic rings. The summed E-state index contributed by atoms with van der Waals surface area (Å²) in [4.78, 5) is 0. The van der Waals surface area contributed by atoms with Gasteiger partial charge in [-0.2, -0.15) is 4.74 Å². The average molecular weight is 283 g/mol. The van der Waals surface area contributed by atoms with Crippen LogP contribution in [0.3, 0.4) is 0 Å². The van der Waals surface area contributed by atoms with E-state index in [1.54, 1.807) is 7.11 Å². The fraction of sp³-hybridized carbons (Fsp3) is 0.278. The van der Waals surface area contributed by atoms with E-state index in [1.165, 1.54) is 0 Å². The summed E-state index contributed by atoms with van der Waals surface area (Å²) in [5.74, 6) is 0.777. The highest BCUT2D eigenvalue weighted by atomic mass is 16.5. The Morgan fingerprint density at radius 3 is 1.90 bits per heavy atom. The first-order valence-electron chi connectivity index (χ1n) is 6.97. The fourth-order valence-electron chi connectivity index (χ4n) is 2.08. The van der Waals surface area contributed by atoms with Crippen LogP contribution in [0.25, 0.3) is 0 Å². The molecular formula is C18H21NO2. The van der Waals surface area contributed by atoms with Crippen molar-refractivity contribution < 1.29 is 9.48 Å². The number of nitrogens with zero attached hydrogens (tertiary/aromatic N) is 1. The lowest BCUT2D eigenvalue weighted by Crippen LogP contribution is -2.34. The molecule has 0 N–H and O–H groups in total. The number of hydrogen-bond acceptors (Lipinski definition) is 2. The number of ether oxygens (including phenoxy) is 1. The van der Waals surface area contributed by atoms with E-state index in [4.69, 9.17) is 4.74 Å². The van der Waals surface area contributed by atoms with Gasteiger partial charge in [0.25, 0.3) is 0 Å². The van der Waals surface area contributed by atoms with Gasteiger partial charge in [-0.15, -0.1) is 0 Å². The maximum Gasteiger partial charge on any atom is 0.226 e. The quantitative estimate of drug-likeness (QED) is 0.371. The zero-order chi connectivity index (χ0) is 15.5.